The lowest BCUT2D eigenvalue weighted by Crippen LogP contribution is -2.22. The molecule has 1 heteroatoms. The fraction of sp³-hybridized carbons (Fsp3) is 1.00. The van der Waals surface area contributed by atoms with Crippen molar-refractivity contribution in [3.05, 3.63) is 0 Å². The largest absolute Gasteiger partial charge is 0.384 e. The van der Waals surface area contributed by atoms with Crippen LogP contribution in [0.4, 0.5) is 0 Å². The second-order valence-electron chi connectivity index (χ2n) is 4.24. The molecule has 0 heterocycles. The number of hydrogen-bond acceptors (Lipinski definition) is 1. The highest BCUT2D eigenvalue weighted by Crippen LogP contribution is 2.32. The molecule has 0 aromatic heterocycles. The van der Waals surface area contributed by atoms with Crippen LogP contribution in [0.25, 0.3) is 0 Å². The first-order chi connectivity index (χ1) is 5.22. The van der Waals surface area contributed by atoms with Gasteiger partial charge in [-0.05, 0) is 37.0 Å². The van der Waals surface area contributed by atoms with Gasteiger partial charge in [0.15, 0.2) is 0 Å². The summed E-state index contributed by atoms with van der Waals surface area (Å²) >= 11 is 0. The SMILES string of the molecule is COCC1CC(C)CC(C)C1. The van der Waals surface area contributed by atoms with E-state index in [1.807, 2.05) is 7.11 Å². The van der Waals surface area contributed by atoms with E-state index in [4.69, 9.17) is 4.74 Å². The zero-order valence-electron chi connectivity index (χ0n) is 7.97. The third kappa shape index (κ3) is 2.82. The van der Waals surface area contributed by atoms with E-state index in [2.05, 4.69) is 13.8 Å². The molecule has 1 aliphatic rings. The van der Waals surface area contributed by atoms with Crippen molar-refractivity contribution in [2.75, 3.05) is 13.7 Å². The van der Waals surface area contributed by atoms with Gasteiger partial charge in [0.25, 0.3) is 0 Å². The van der Waals surface area contributed by atoms with Gasteiger partial charge >= 0.3 is 0 Å². The van der Waals surface area contributed by atoms with Crippen LogP contribution in [0.5, 0.6) is 0 Å². The van der Waals surface area contributed by atoms with Crippen molar-refractivity contribution in [3.63, 3.8) is 0 Å². The Balaban J connectivity index is 2.30. The first-order valence-electron chi connectivity index (χ1n) is 4.71. The smallest absolute Gasteiger partial charge is 0.0490 e. The molecule has 2 unspecified atom stereocenters. The highest BCUT2D eigenvalue weighted by molar-refractivity contribution is 4.74. The van der Waals surface area contributed by atoms with Crippen LogP contribution in [0.2, 0.25) is 0 Å². The van der Waals surface area contributed by atoms with E-state index in [9.17, 15) is 0 Å². The Kier molecular flexibility index (Phi) is 3.38. The number of ether oxygens (including phenoxy) is 1. The number of hydrogen-bond donors (Lipinski definition) is 0. The molecule has 1 rings (SSSR count). The standard InChI is InChI=1S/C10H20O/c1-8-4-9(2)6-10(5-8)7-11-3/h8-10H,4-7H2,1-3H3. The summed E-state index contributed by atoms with van der Waals surface area (Å²) in [5.41, 5.74) is 0. The predicted octanol–water partition coefficient (Wildman–Crippen LogP) is 2.71. The quantitative estimate of drug-likeness (QED) is 0.597. The summed E-state index contributed by atoms with van der Waals surface area (Å²) in [5, 5.41) is 0. The summed E-state index contributed by atoms with van der Waals surface area (Å²) in [6, 6.07) is 0. The summed E-state index contributed by atoms with van der Waals surface area (Å²) in [5.74, 6) is 2.66. The van der Waals surface area contributed by atoms with E-state index in [0.717, 1.165) is 24.4 Å². The van der Waals surface area contributed by atoms with Crippen molar-refractivity contribution in [3.8, 4) is 0 Å². The Hall–Kier alpha value is -0.0400. The van der Waals surface area contributed by atoms with Crippen LogP contribution >= 0.6 is 0 Å². The van der Waals surface area contributed by atoms with Crippen LogP contribution in [-0.4, -0.2) is 13.7 Å². The van der Waals surface area contributed by atoms with E-state index in [1.165, 1.54) is 19.3 Å². The molecule has 0 aromatic rings. The van der Waals surface area contributed by atoms with Crippen LogP contribution in [0, 0.1) is 17.8 Å². The number of methoxy groups -OCH3 is 1. The Morgan fingerprint density at radius 2 is 1.64 bits per heavy atom. The van der Waals surface area contributed by atoms with Crippen LogP contribution in [0.3, 0.4) is 0 Å². The zero-order valence-corrected chi connectivity index (χ0v) is 7.97. The molecular formula is C10H20O. The van der Waals surface area contributed by atoms with E-state index in [-0.39, 0.29) is 0 Å². The molecule has 1 saturated carbocycles. The molecule has 0 aromatic carbocycles. The lowest BCUT2D eigenvalue weighted by atomic mass is 9.77. The lowest BCUT2D eigenvalue weighted by molar-refractivity contribution is 0.0996. The topological polar surface area (TPSA) is 9.23 Å². The van der Waals surface area contributed by atoms with Crippen molar-refractivity contribution < 1.29 is 4.74 Å². The average Bonchev–Trinajstić information content (AvgIpc) is 1.85. The summed E-state index contributed by atoms with van der Waals surface area (Å²) in [7, 11) is 1.81. The van der Waals surface area contributed by atoms with Gasteiger partial charge in [0.1, 0.15) is 0 Å². The van der Waals surface area contributed by atoms with Crippen LogP contribution in [-0.2, 0) is 4.74 Å². The predicted molar refractivity (Wildman–Crippen MR) is 47.5 cm³/mol. The van der Waals surface area contributed by atoms with Gasteiger partial charge in [-0.3, -0.25) is 0 Å². The summed E-state index contributed by atoms with van der Waals surface area (Å²) in [4.78, 5) is 0. The molecule has 0 bridgehead atoms. The molecule has 66 valence electrons. The van der Waals surface area contributed by atoms with Crippen LogP contribution in [0.15, 0.2) is 0 Å². The molecule has 1 fully saturated rings. The van der Waals surface area contributed by atoms with Gasteiger partial charge in [0.05, 0.1) is 0 Å². The van der Waals surface area contributed by atoms with Crippen molar-refractivity contribution in [1.82, 2.24) is 0 Å². The third-order valence-electron chi connectivity index (χ3n) is 2.68. The zero-order chi connectivity index (χ0) is 8.27. The molecule has 0 N–H and O–H groups in total. The Labute approximate surface area is 70.1 Å². The molecule has 1 nitrogen and oxygen atoms in total. The van der Waals surface area contributed by atoms with Crippen molar-refractivity contribution in [2.45, 2.75) is 33.1 Å². The molecular weight excluding hydrogens is 136 g/mol. The van der Waals surface area contributed by atoms with Crippen molar-refractivity contribution in [1.29, 1.82) is 0 Å². The molecule has 1 aliphatic carbocycles. The maximum Gasteiger partial charge on any atom is 0.0490 e. The normalized spacial score (nSPS) is 39.0. The van der Waals surface area contributed by atoms with Gasteiger partial charge in [-0.15, -0.1) is 0 Å². The Bertz CT molecular complexity index is 101. The molecule has 0 aliphatic heterocycles. The summed E-state index contributed by atoms with van der Waals surface area (Å²) < 4.78 is 5.18. The van der Waals surface area contributed by atoms with E-state index < -0.39 is 0 Å². The van der Waals surface area contributed by atoms with Crippen molar-refractivity contribution in [2.24, 2.45) is 17.8 Å². The minimum absolute atomic E-state index is 0.832. The fourth-order valence-electron chi connectivity index (χ4n) is 2.49. The fourth-order valence-corrected chi connectivity index (χ4v) is 2.49. The van der Waals surface area contributed by atoms with Gasteiger partial charge in [-0.2, -0.15) is 0 Å². The van der Waals surface area contributed by atoms with Gasteiger partial charge < -0.3 is 4.74 Å². The second-order valence-corrected chi connectivity index (χ2v) is 4.24. The Morgan fingerprint density at radius 3 is 2.09 bits per heavy atom. The van der Waals surface area contributed by atoms with Gasteiger partial charge in [-0.1, -0.05) is 13.8 Å². The molecule has 0 spiro atoms. The monoisotopic (exact) mass is 156 g/mol. The van der Waals surface area contributed by atoms with E-state index in [1.54, 1.807) is 0 Å². The highest BCUT2D eigenvalue weighted by atomic mass is 16.5. The number of rotatable bonds is 2. The molecule has 0 saturated heterocycles. The van der Waals surface area contributed by atoms with E-state index in [0.29, 0.717) is 0 Å². The molecule has 0 radical (unpaired) electrons. The maximum absolute atomic E-state index is 5.18. The van der Waals surface area contributed by atoms with Crippen molar-refractivity contribution >= 4 is 0 Å². The van der Waals surface area contributed by atoms with Gasteiger partial charge in [0.2, 0.25) is 0 Å². The molecule has 11 heavy (non-hydrogen) atoms. The average molecular weight is 156 g/mol. The third-order valence-corrected chi connectivity index (χ3v) is 2.68. The molecule has 0 amide bonds. The maximum atomic E-state index is 5.18. The minimum atomic E-state index is 0.832. The first kappa shape index (κ1) is 9.05. The second kappa shape index (κ2) is 4.10. The summed E-state index contributed by atoms with van der Waals surface area (Å²) in [6.45, 7) is 5.69. The van der Waals surface area contributed by atoms with Crippen LogP contribution in [0.1, 0.15) is 33.1 Å². The first-order valence-corrected chi connectivity index (χ1v) is 4.71. The van der Waals surface area contributed by atoms with Crippen LogP contribution < -0.4 is 0 Å². The lowest BCUT2D eigenvalue weighted by Gasteiger charge is -2.30. The van der Waals surface area contributed by atoms with Gasteiger partial charge in [0, 0.05) is 13.7 Å². The summed E-state index contributed by atoms with van der Waals surface area (Å²) in [6.07, 6.45) is 4.16. The van der Waals surface area contributed by atoms with E-state index >= 15 is 0 Å². The van der Waals surface area contributed by atoms with Gasteiger partial charge in [-0.25, -0.2) is 0 Å². The Morgan fingerprint density at radius 1 is 1.09 bits per heavy atom. The highest BCUT2D eigenvalue weighted by Gasteiger charge is 2.23. The minimum Gasteiger partial charge on any atom is -0.384 e. The molecule has 2 atom stereocenters.